The van der Waals surface area contributed by atoms with E-state index in [9.17, 15) is 4.79 Å². The minimum atomic E-state index is -0.682. The van der Waals surface area contributed by atoms with Gasteiger partial charge in [-0.1, -0.05) is 6.92 Å². The van der Waals surface area contributed by atoms with Gasteiger partial charge < -0.3 is 5.11 Å². The van der Waals surface area contributed by atoms with Gasteiger partial charge in [0.15, 0.2) is 0 Å². The van der Waals surface area contributed by atoms with Gasteiger partial charge in [-0.25, -0.2) is 0 Å². The summed E-state index contributed by atoms with van der Waals surface area (Å²) in [6.45, 7) is 2.14. The Morgan fingerprint density at radius 2 is 2.54 bits per heavy atom. The van der Waals surface area contributed by atoms with Crippen LogP contribution in [0, 0.1) is 5.92 Å². The maximum absolute atomic E-state index is 10.6. The van der Waals surface area contributed by atoms with E-state index >= 15 is 0 Å². The van der Waals surface area contributed by atoms with E-state index in [1.54, 1.807) is 11.3 Å². The first-order valence-electron chi connectivity index (χ1n) is 4.46. The number of fused-ring (bicyclic) bond motifs is 1. The van der Waals surface area contributed by atoms with Crippen molar-refractivity contribution in [2.45, 2.75) is 25.7 Å². The zero-order valence-electron chi connectivity index (χ0n) is 7.49. The zero-order chi connectivity index (χ0) is 9.42. The summed E-state index contributed by atoms with van der Waals surface area (Å²) in [5.41, 5.74) is 1.36. The summed E-state index contributed by atoms with van der Waals surface area (Å²) >= 11 is 1.70. The van der Waals surface area contributed by atoms with E-state index in [0.717, 1.165) is 6.42 Å². The zero-order valence-corrected chi connectivity index (χ0v) is 8.30. The van der Waals surface area contributed by atoms with Crippen LogP contribution in [-0.4, -0.2) is 11.1 Å². The van der Waals surface area contributed by atoms with Gasteiger partial charge in [0.25, 0.3) is 0 Å². The van der Waals surface area contributed by atoms with Gasteiger partial charge in [-0.15, -0.1) is 11.3 Å². The van der Waals surface area contributed by atoms with Crippen LogP contribution >= 0.6 is 11.3 Å². The number of thiophene rings is 1. The minimum Gasteiger partial charge on any atom is -0.481 e. The van der Waals surface area contributed by atoms with Gasteiger partial charge in [0, 0.05) is 10.8 Å². The third-order valence-corrected chi connectivity index (χ3v) is 3.83. The lowest BCUT2D eigenvalue weighted by Crippen LogP contribution is -2.09. The molecule has 1 aromatic heterocycles. The maximum atomic E-state index is 10.6. The van der Waals surface area contributed by atoms with E-state index in [-0.39, 0.29) is 12.3 Å². The smallest absolute Gasteiger partial charge is 0.304 e. The number of carbonyl (C=O) groups is 1. The lowest BCUT2D eigenvalue weighted by molar-refractivity contribution is -0.137. The molecule has 0 spiro atoms. The largest absolute Gasteiger partial charge is 0.481 e. The van der Waals surface area contributed by atoms with Gasteiger partial charge >= 0.3 is 5.97 Å². The molecular formula is C10H12O2S. The molecule has 0 saturated carbocycles. The third-order valence-electron chi connectivity index (χ3n) is 2.74. The van der Waals surface area contributed by atoms with Crippen molar-refractivity contribution in [2.75, 3.05) is 0 Å². The Bertz CT molecular complexity index is 329. The average Bonchev–Trinajstić information content (AvgIpc) is 2.55. The quantitative estimate of drug-likeness (QED) is 0.789. The second kappa shape index (κ2) is 3.14. The highest BCUT2D eigenvalue weighted by molar-refractivity contribution is 7.10. The summed E-state index contributed by atoms with van der Waals surface area (Å²) < 4.78 is 0. The van der Waals surface area contributed by atoms with Crippen molar-refractivity contribution >= 4 is 17.3 Å². The lowest BCUT2D eigenvalue weighted by atomic mass is 9.95. The molecule has 1 N–H and O–H groups in total. The fourth-order valence-corrected chi connectivity index (χ4v) is 3.24. The highest BCUT2D eigenvalue weighted by atomic mass is 32.1. The van der Waals surface area contributed by atoms with E-state index in [1.807, 2.05) is 0 Å². The highest BCUT2D eigenvalue weighted by Crippen LogP contribution is 2.42. The van der Waals surface area contributed by atoms with E-state index < -0.39 is 5.97 Å². The number of rotatable bonds is 2. The summed E-state index contributed by atoms with van der Waals surface area (Å²) in [4.78, 5) is 11.9. The summed E-state index contributed by atoms with van der Waals surface area (Å²) in [7, 11) is 0. The van der Waals surface area contributed by atoms with Crippen LogP contribution < -0.4 is 0 Å². The van der Waals surface area contributed by atoms with Crippen molar-refractivity contribution in [2.24, 2.45) is 5.92 Å². The van der Waals surface area contributed by atoms with Gasteiger partial charge in [0.1, 0.15) is 0 Å². The molecule has 2 rings (SSSR count). The molecule has 1 heterocycles. The van der Waals surface area contributed by atoms with Crippen LogP contribution in [0.3, 0.4) is 0 Å². The van der Waals surface area contributed by atoms with Crippen molar-refractivity contribution < 1.29 is 9.90 Å². The molecule has 0 amide bonds. The summed E-state index contributed by atoms with van der Waals surface area (Å²) in [5, 5.41) is 10.8. The molecule has 0 aliphatic heterocycles. The van der Waals surface area contributed by atoms with E-state index in [4.69, 9.17) is 5.11 Å². The summed E-state index contributed by atoms with van der Waals surface area (Å²) in [5.74, 6) is 0.0733. The molecule has 13 heavy (non-hydrogen) atoms. The van der Waals surface area contributed by atoms with Gasteiger partial charge in [0.05, 0.1) is 6.42 Å². The molecule has 2 nitrogen and oxygen atoms in total. The number of aliphatic carboxylic acids is 1. The molecule has 0 saturated heterocycles. The van der Waals surface area contributed by atoms with Crippen LogP contribution in [-0.2, 0) is 11.2 Å². The molecule has 70 valence electrons. The molecule has 2 unspecified atom stereocenters. The Kier molecular flexibility index (Phi) is 2.12. The average molecular weight is 196 g/mol. The molecule has 1 aliphatic carbocycles. The van der Waals surface area contributed by atoms with E-state index in [2.05, 4.69) is 18.4 Å². The number of carboxylic acid groups (broad SMARTS) is 1. The first kappa shape index (κ1) is 8.75. The van der Waals surface area contributed by atoms with Crippen LogP contribution in [0.15, 0.2) is 11.4 Å². The minimum absolute atomic E-state index is 0.257. The Labute approximate surface area is 81.2 Å². The van der Waals surface area contributed by atoms with Crippen molar-refractivity contribution in [3.05, 3.63) is 21.9 Å². The van der Waals surface area contributed by atoms with Gasteiger partial charge in [0.2, 0.25) is 0 Å². The molecule has 0 bridgehead atoms. The number of carboxylic acids is 1. The molecule has 3 heteroatoms. The Morgan fingerprint density at radius 1 is 1.77 bits per heavy atom. The van der Waals surface area contributed by atoms with Crippen molar-refractivity contribution in [1.82, 2.24) is 0 Å². The predicted molar refractivity (Wildman–Crippen MR) is 52.2 cm³/mol. The van der Waals surface area contributed by atoms with Gasteiger partial charge in [-0.05, 0) is 29.3 Å². The molecule has 0 radical (unpaired) electrons. The van der Waals surface area contributed by atoms with E-state index in [0.29, 0.717) is 5.92 Å². The molecule has 1 aromatic rings. The molecular weight excluding hydrogens is 184 g/mol. The number of hydrogen-bond acceptors (Lipinski definition) is 2. The van der Waals surface area contributed by atoms with Crippen molar-refractivity contribution in [1.29, 1.82) is 0 Å². The van der Waals surface area contributed by atoms with Crippen LogP contribution in [0.2, 0.25) is 0 Å². The summed E-state index contributed by atoms with van der Waals surface area (Å²) in [6.07, 6.45) is 1.34. The fraction of sp³-hybridized carbons (Fsp3) is 0.500. The normalized spacial score (nSPS) is 25.9. The van der Waals surface area contributed by atoms with Crippen LogP contribution in [0.1, 0.15) is 29.7 Å². The first-order chi connectivity index (χ1) is 6.18. The van der Waals surface area contributed by atoms with Crippen LogP contribution in [0.4, 0.5) is 0 Å². The van der Waals surface area contributed by atoms with Gasteiger partial charge in [-0.3, -0.25) is 4.79 Å². The molecule has 0 aromatic carbocycles. The topological polar surface area (TPSA) is 37.3 Å². The molecule has 0 fully saturated rings. The molecule has 2 atom stereocenters. The first-order valence-corrected chi connectivity index (χ1v) is 5.34. The second-order valence-electron chi connectivity index (χ2n) is 3.70. The van der Waals surface area contributed by atoms with Crippen LogP contribution in [0.5, 0.6) is 0 Å². The van der Waals surface area contributed by atoms with Crippen molar-refractivity contribution in [3.63, 3.8) is 0 Å². The monoisotopic (exact) mass is 196 g/mol. The fourth-order valence-electron chi connectivity index (χ4n) is 2.07. The number of hydrogen-bond donors (Lipinski definition) is 1. The van der Waals surface area contributed by atoms with Crippen molar-refractivity contribution in [3.8, 4) is 0 Å². The second-order valence-corrected chi connectivity index (χ2v) is 4.64. The molecule has 1 aliphatic rings. The standard InChI is InChI=1S/C10H12O2S/c1-6-4-7-2-3-13-10(7)8(6)5-9(11)12/h2-3,6,8H,4-5H2,1H3,(H,11,12). The summed E-state index contributed by atoms with van der Waals surface area (Å²) in [6, 6.07) is 2.12. The Balaban J connectivity index is 2.24. The Morgan fingerprint density at radius 3 is 3.23 bits per heavy atom. The maximum Gasteiger partial charge on any atom is 0.304 e. The predicted octanol–water partition coefficient (Wildman–Crippen LogP) is 2.50. The van der Waals surface area contributed by atoms with E-state index in [1.165, 1.54) is 10.4 Å². The van der Waals surface area contributed by atoms with Gasteiger partial charge in [-0.2, -0.15) is 0 Å². The Hall–Kier alpha value is -0.830. The van der Waals surface area contributed by atoms with Crippen LogP contribution in [0.25, 0.3) is 0 Å². The highest BCUT2D eigenvalue weighted by Gasteiger charge is 2.31. The SMILES string of the molecule is CC1Cc2ccsc2C1CC(=O)O. The lowest BCUT2D eigenvalue weighted by Gasteiger charge is -2.12. The third kappa shape index (κ3) is 1.48.